The van der Waals surface area contributed by atoms with Gasteiger partial charge in [-0.25, -0.2) is 9.59 Å². The first kappa shape index (κ1) is 8.00. The van der Waals surface area contributed by atoms with E-state index in [1.165, 1.54) is 0 Å². The van der Waals surface area contributed by atoms with Crippen LogP contribution in [0.2, 0.25) is 0 Å². The maximum Gasteiger partial charge on any atom is 0.359 e. The summed E-state index contributed by atoms with van der Waals surface area (Å²) in [6.07, 6.45) is 0. The molecule has 1 rings (SSSR count). The van der Waals surface area contributed by atoms with Crippen molar-refractivity contribution in [1.29, 1.82) is 0 Å². The second-order valence-electron chi connectivity index (χ2n) is 2.89. The standard InChI is InChI=1S/C6H9NO4/c8-5(9)3-7(1-2-7)4-6(10)11/h1-4H2,(H-,8,9,10,11)/p+1. The van der Waals surface area contributed by atoms with Crippen LogP contribution in [0, 0.1) is 0 Å². The van der Waals surface area contributed by atoms with E-state index in [9.17, 15) is 9.59 Å². The number of carboxylic acid groups (broad SMARTS) is 2. The van der Waals surface area contributed by atoms with Gasteiger partial charge in [0.1, 0.15) is 13.1 Å². The van der Waals surface area contributed by atoms with Crippen LogP contribution in [0.25, 0.3) is 0 Å². The van der Waals surface area contributed by atoms with Gasteiger partial charge in [0.25, 0.3) is 0 Å². The van der Waals surface area contributed by atoms with E-state index < -0.39 is 11.9 Å². The van der Waals surface area contributed by atoms with Crippen LogP contribution in [-0.4, -0.2) is 52.8 Å². The van der Waals surface area contributed by atoms with Crippen molar-refractivity contribution >= 4 is 11.9 Å². The highest BCUT2D eigenvalue weighted by molar-refractivity contribution is 5.70. The molecule has 1 aliphatic heterocycles. The Morgan fingerprint density at radius 1 is 1.09 bits per heavy atom. The van der Waals surface area contributed by atoms with Crippen LogP contribution in [0.4, 0.5) is 0 Å². The van der Waals surface area contributed by atoms with E-state index in [2.05, 4.69) is 0 Å². The summed E-state index contributed by atoms with van der Waals surface area (Å²) in [6, 6.07) is 0. The maximum absolute atomic E-state index is 10.2. The Labute approximate surface area is 63.4 Å². The lowest BCUT2D eigenvalue weighted by molar-refractivity contribution is -0.783. The fourth-order valence-corrected chi connectivity index (χ4v) is 1.09. The largest absolute Gasteiger partial charge is 0.477 e. The van der Waals surface area contributed by atoms with E-state index in [0.717, 1.165) is 0 Å². The molecule has 0 amide bonds. The van der Waals surface area contributed by atoms with Gasteiger partial charge in [-0.15, -0.1) is 0 Å². The van der Waals surface area contributed by atoms with Crippen molar-refractivity contribution in [3.63, 3.8) is 0 Å². The highest BCUT2D eigenvalue weighted by Gasteiger charge is 2.45. The molecule has 5 heteroatoms. The van der Waals surface area contributed by atoms with E-state index in [4.69, 9.17) is 10.2 Å². The molecule has 1 fully saturated rings. The molecule has 1 aliphatic rings. The Balaban J connectivity index is 2.41. The van der Waals surface area contributed by atoms with Crippen molar-refractivity contribution in [2.45, 2.75) is 0 Å². The number of hydrogen-bond donors (Lipinski definition) is 2. The molecule has 0 aromatic heterocycles. The number of carbonyl (C=O) groups is 2. The molecule has 0 atom stereocenters. The monoisotopic (exact) mass is 160 g/mol. The van der Waals surface area contributed by atoms with E-state index in [1.54, 1.807) is 0 Å². The SMILES string of the molecule is O=C(O)C[N+]1(CC(=O)O)CC1. The van der Waals surface area contributed by atoms with Gasteiger partial charge < -0.3 is 10.2 Å². The summed E-state index contributed by atoms with van der Waals surface area (Å²) >= 11 is 0. The molecule has 0 saturated carbocycles. The Hall–Kier alpha value is -1.10. The molecule has 0 bridgehead atoms. The van der Waals surface area contributed by atoms with Crippen LogP contribution in [0.15, 0.2) is 0 Å². The molecule has 1 saturated heterocycles. The zero-order chi connectivity index (χ0) is 8.48. The summed E-state index contributed by atoms with van der Waals surface area (Å²) in [5.41, 5.74) is 0. The van der Waals surface area contributed by atoms with E-state index in [0.29, 0.717) is 13.1 Å². The highest BCUT2D eigenvalue weighted by Crippen LogP contribution is 2.19. The summed E-state index contributed by atoms with van der Waals surface area (Å²) in [5.74, 6) is -1.85. The average Bonchev–Trinajstić information content (AvgIpc) is 2.43. The number of aliphatic carboxylic acids is 2. The summed E-state index contributed by atoms with van der Waals surface area (Å²) < 4.78 is 0.213. The summed E-state index contributed by atoms with van der Waals surface area (Å²) in [7, 11) is 0. The van der Waals surface area contributed by atoms with Crippen molar-refractivity contribution in [3.8, 4) is 0 Å². The molecule has 0 spiro atoms. The highest BCUT2D eigenvalue weighted by atomic mass is 16.4. The predicted octanol–water partition coefficient (Wildman–Crippen LogP) is -1.01. The van der Waals surface area contributed by atoms with Crippen LogP contribution in [0.3, 0.4) is 0 Å². The fourth-order valence-electron chi connectivity index (χ4n) is 1.09. The Kier molecular flexibility index (Phi) is 1.82. The molecule has 0 unspecified atom stereocenters. The molecule has 62 valence electrons. The molecule has 1 heterocycles. The average molecular weight is 160 g/mol. The molecular formula is C6H10NO4+. The number of carboxylic acids is 2. The molecule has 11 heavy (non-hydrogen) atoms. The van der Waals surface area contributed by atoms with Gasteiger partial charge in [0.2, 0.25) is 0 Å². The van der Waals surface area contributed by atoms with Crippen molar-refractivity contribution < 1.29 is 24.3 Å². The van der Waals surface area contributed by atoms with Crippen molar-refractivity contribution in [2.75, 3.05) is 26.2 Å². The first-order valence-corrected chi connectivity index (χ1v) is 3.33. The second-order valence-corrected chi connectivity index (χ2v) is 2.89. The molecule has 0 aromatic carbocycles. The summed E-state index contributed by atoms with van der Waals surface area (Å²) in [5, 5.41) is 16.8. The van der Waals surface area contributed by atoms with Crippen LogP contribution in [0.5, 0.6) is 0 Å². The first-order valence-electron chi connectivity index (χ1n) is 3.33. The van der Waals surface area contributed by atoms with E-state index >= 15 is 0 Å². The van der Waals surface area contributed by atoms with Gasteiger partial charge in [0.05, 0.1) is 0 Å². The predicted molar refractivity (Wildman–Crippen MR) is 35.0 cm³/mol. The lowest BCUT2D eigenvalue weighted by Gasteiger charge is -2.11. The maximum atomic E-state index is 10.2. The van der Waals surface area contributed by atoms with Gasteiger partial charge >= 0.3 is 11.9 Å². The Bertz CT molecular complexity index is 179. The lowest BCUT2D eigenvalue weighted by atomic mass is 10.5. The fraction of sp³-hybridized carbons (Fsp3) is 0.667. The van der Waals surface area contributed by atoms with Crippen LogP contribution < -0.4 is 0 Å². The third-order valence-electron chi connectivity index (χ3n) is 1.80. The number of quaternary nitrogens is 1. The van der Waals surface area contributed by atoms with Crippen LogP contribution in [0.1, 0.15) is 0 Å². The second kappa shape index (κ2) is 2.50. The molecule has 2 N–H and O–H groups in total. The number of hydrogen-bond acceptors (Lipinski definition) is 2. The normalized spacial score (nSPS) is 19.3. The van der Waals surface area contributed by atoms with E-state index in [1.807, 2.05) is 0 Å². The summed E-state index contributed by atoms with van der Waals surface area (Å²) in [6.45, 7) is 1.23. The minimum atomic E-state index is -0.927. The summed E-state index contributed by atoms with van der Waals surface area (Å²) in [4.78, 5) is 20.5. The third kappa shape index (κ3) is 2.19. The lowest BCUT2D eigenvalue weighted by Crippen LogP contribution is -2.36. The van der Waals surface area contributed by atoms with Gasteiger partial charge in [-0.05, 0) is 0 Å². The topological polar surface area (TPSA) is 74.6 Å². The van der Waals surface area contributed by atoms with E-state index in [-0.39, 0.29) is 17.6 Å². The zero-order valence-corrected chi connectivity index (χ0v) is 5.99. The Morgan fingerprint density at radius 3 is 1.64 bits per heavy atom. The minimum Gasteiger partial charge on any atom is -0.477 e. The van der Waals surface area contributed by atoms with Gasteiger partial charge in [-0.1, -0.05) is 0 Å². The van der Waals surface area contributed by atoms with Gasteiger partial charge in [-0.3, -0.25) is 4.48 Å². The third-order valence-corrected chi connectivity index (χ3v) is 1.80. The quantitative estimate of drug-likeness (QED) is 0.408. The Morgan fingerprint density at radius 2 is 1.45 bits per heavy atom. The minimum absolute atomic E-state index is 0.0632. The molecular weight excluding hydrogens is 150 g/mol. The van der Waals surface area contributed by atoms with Crippen LogP contribution >= 0.6 is 0 Å². The van der Waals surface area contributed by atoms with Gasteiger partial charge in [-0.2, -0.15) is 0 Å². The molecule has 0 radical (unpaired) electrons. The van der Waals surface area contributed by atoms with Gasteiger partial charge in [0.15, 0.2) is 13.1 Å². The number of rotatable bonds is 4. The molecule has 5 nitrogen and oxygen atoms in total. The number of nitrogens with zero attached hydrogens (tertiary/aromatic N) is 1. The van der Waals surface area contributed by atoms with Crippen LogP contribution in [-0.2, 0) is 9.59 Å². The van der Waals surface area contributed by atoms with Crippen molar-refractivity contribution in [1.82, 2.24) is 0 Å². The van der Waals surface area contributed by atoms with Crippen molar-refractivity contribution in [2.24, 2.45) is 0 Å². The first-order chi connectivity index (χ1) is 5.04. The van der Waals surface area contributed by atoms with Crippen molar-refractivity contribution in [3.05, 3.63) is 0 Å². The van der Waals surface area contributed by atoms with Gasteiger partial charge in [0, 0.05) is 0 Å². The zero-order valence-electron chi connectivity index (χ0n) is 5.99. The molecule has 0 aliphatic carbocycles. The molecule has 0 aromatic rings. The smallest absolute Gasteiger partial charge is 0.359 e.